The van der Waals surface area contributed by atoms with Gasteiger partial charge in [-0.25, -0.2) is 0 Å². The summed E-state index contributed by atoms with van der Waals surface area (Å²) in [5, 5.41) is 5.23. The van der Waals surface area contributed by atoms with Crippen LogP contribution in [0.4, 0.5) is 5.69 Å². The van der Waals surface area contributed by atoms with Gasteiger partial charge in [-0.1, -0.05) is 15.9 Å². The highest BCUT2D eigenvalue weighted by molar-refractivity contribution is 9.10. The molecule has 2 amide bonds. The molecule has 1 atom stereocenters. The molecule has 4 N–H and O–H groups in total. The third-order valence-electron chi connectivity index (χ3n) is 2.35. The zero-order valence-corrected chi connectivity index (χ0v) is 13.1. The van der Waals surface area contributed by atoms with E-state index in [2.05, 4.69) is 26.6 Å². The van der Waals surface area contributed by atoms with E-state index in [1.165, 1.54) is 0 Å². The summed E-state index contributed by atoms with van der Waals surface area (Å²) in [6.07, 6.45) is 0. The Bertz CT molecular complexity index is 468. The number of carbonyl (C=O) groups excluding carboxylic acids is 2. The van der Waals surface area contributed by atoms with E-state index < -0.39 is 6.04 Å². The summed E-state index contributed by atoms with van der Waals surface area (Å²) in [6.45, 7) is 3.97. The van der Waals surface area contributed by atoms with E-state index in [1.54, 1.807) is 25.1 Å². The van der Waals surface area contributed by atoms with Crippen LogP contribution in [0.25, 0.3) is 0 Å². The summed E-state index contributed by atoms with van der Waals surface area (Å²) >= 11 is 3.26. The van der Waals surface area contributed by atoms with Gasteiger partial charge in [0.15, 0.2) is 0 Å². The number of rotatable bonds is 4. The van der Waals surface area contributed by atoms with Crippen molar-refractivity contribution in [2.45, 2.75) is 19.9 Å². The molecule has 0 saturated heterocycles. The minimum atomic E-state index is -0.597. The molecule has 0 spiro atoms. The van der Waals surface area contributed by atoms with Gasteiger partial charge in [-0.3, -0.25) is 9.59 Å². The molecule has 0 radical (unpaired) electrons. The Morgan fingerprint density at radius 1 is 1.42 bits per heavy atom. The molecule has 1 aromatic carbocycles. The Morgan fingerprint density at radius 3 is 2.58 bits per heavy atom. The van der Waals surface area contributed by atoms with Crippen molar-refractivity contribution in [3.8, 4) is 0 Å². The van der Waals surface area contributed by atoms with Gasteiger partial charge >= 0.3 is 0 Å². The molecule has 0 fully saturated rings. The molecule has 0 heterocycles. The molecule has 1 aromatic rings. The number of amides is 2. The number of hydrogen-bond donors (Lipinski definition) is 3. The van der Waals surface area contributed by atoms with Crippen LogP contribution >= 0.6 is 28.3 Å². The van der Waals surface area contributed by atoms with Crippen molar-refractivity contribution in [1.82, 2.24) is 10.6 Å². The van der Waals surface area contributed by atoms with Gasteiger partial charge in [0.05, 0.1) is 5.56 Å². The topological polar surface area (TPSA) is 84.2 Å². The summed E-state index contributed by atoms with van der Waals surface area (Å²) in [4.78, 5) is 23.4. The molecule has 0 aliphatic carbocycles. The Kier molecular flexibility index (Phi) is 7.48. The molecule has 0 aromatic heterocycles. The van der Waals surface area contributed by atoms with Crippen molar-refractivity contribution in [2.75, 3.05) is 12.3 Å². The molecule has 0 aliphatic rings. The fourth-order valence-corrected chi connectivity index (χ4v) is 1.79. The largest absolute Gasteiger partial charge is 0.398 e. The molecule has 1 unspecified atom stereocenters. The molecule has 1 rings (SSSR count). The number of benzene rings is 1. The predicted octanol–water partition coefficient (Wildman–Crippen LogP) is 1.71. The number of nitrogen functional groups attached to an aromatic ring is 1. The lowest BCUT2D eigenvalue weighted by molar-refractivity contribution is -0.122. The lowest BCUT2D eigenvalue weighted by atomic mass is 10.1. The maximum absolute atomic E-state index is 11.9. The first kappa shape index (κ1) is 17.7. The normalized spacial score (nSPS) is 11.1. The molecular weight excluding hydrogens is 334 g/mol. The van der Waals surface area contributed by atoms with Crippen LogP contribution in [0, 0.1) is 0 Å². The molecule has 106 valence electrons. The van der Waals surface area contributed by atoms with E-state index in [0.717, 1.165) is 4.47 Å². The second-order valence-corrected chi connectivity index (χ2v) is 4.74. The number of halogens is 2. The molecule has 0 bridgehead atoms. The van der Waals surface area contributed by atoms with Crippen LogP contribution in [0.3, 0.4) is 0 Å². The predicted molar refractivity (Wildman–Crippen MR) is 81.4 cm³/mol. The second-order valence-electron chi connectivity index (χ2n) is 3.82. The molecular formula is C12H17BrClN3O2. The first-order valence-corrected chi connectivity index (χ1v) is 6.38. The molecule has 7 heteroatoms. The third-order valence-corrected chi connectivity index (χ3v) is 2.84. The van der Waals surface area contributed by atoms with Crippen molar-refractivity contribution in [3.63, 3.8) is 0 Å². The second kappa shape index (κ2) is 8.01. The van der Waals surface area contributed by atoms with Gasteiger partial charge in [0.2, 0.25) is 5.91 Å². The van der Waals surface area contributed by atoms with Crippen molar-refractivity contribution >= 4 is 45.8 Å². The summed E-state index contributed by atoms with van der Waals surface area (Å²) in [5.41, 5.74) is 6.46. The van der Waals surface area contributed by atoms with E-state index in [4.69, 9.17) is 5.73 Å². The fourth-order valence-electron chi connectivity index (χ4n) is 1.41. The van der Waals surface area contributed by atoms with Gasteiger partial charge in [0, 0.05) is 16.7 Å². The van der Waals surface area contributed by atoms with Crippen molar-refractivity contribution in [2.24, 2.45) is 0 Å². The average molecular weight is 351 g/mol. The lowest BCUT2D eigenvalue weighted by Crippen LogP contribution is -2.44. The van der Waals surface area contributed by atoms with Gasteiger partial charge in [-0.2, -0.15) is 0 Å². The van der Waals surface area contributed by atoms with Crippen molar-refractivity contribution in [3.05, 3.63) is 28.2 Å². The Balaban J connectivity index is 0.00000324. The highest BCUT2D eigenvalue weighted by Gasteiger charge is 2.17. The monoisotopic (exact) mass is 349 g/mol. The van der Waals surface area contributed by atoms with Crippen molar-refractivity contribution in [1.29, 1.82) is 0 Å². The van der Waals surface area contributed by atoms with Gasteiger partial charge in [0.1, 0.15) is 6.04 Å². The summed E-state index contributed by atoms with van der Waals surface area (Å²) < 4.78 is 0.799. The van der Waals surface area contributed by atoms with Crippen LogP contribution in [0.1, 0.15) is 24.2 Å². The van der Waals surface area contributed by atoms with E-state index in [9.17, 15) is 9.59 Å². The highest BCUT2D eigenvalue weighted by atomic mass is 79.9. The van der Waals surface area contributed by atoms with Crippen LogP contribution in [-0.2, 0) is 4.79 Å². The average Bonchev–Trinajstić information content (AvgIpc) is 2.28. The highest BCUT2D eigenvalue weighted by Crippen LogP contribution is 2.18. The summed E-state index contributed by atoms with van der Waals surface area (Å²) in [7, 11) is 0. The lowest BCUT2D eigenvalue weighted by Gasteiger charge is -2.14. The van der Waals surface area contributed by atoms with Crippen LogP contribution in [0.5, 0.6) is 0 Å². The van der Waals surface area contributed by atoms with E-state index in [0.29, 0.717) is 17.8 Å². The minimum Gasteiger partial charge on any atom is -0.398 e. The van der Waals surface area contributed by atoms with Gasteiger partial charge in [-0.05, 0) is 32.0 Å². The van der Waals surface area contributed by atoms with E-state index in [-0.39, 0.29) is 24.2 Å². The van der Waals surface area contributed by atoms with Gasteiger partial charge in [0.25, 0.3) is 5.91 Å². The zero-order chi connectivity index (χ0) is 13.7. The van der Waals surface area contributed by atoms with Crippen molar-refractivity contribution < 1.29 is 9.59 Å². The number of hydrogen-bond acceptors (Lipinski definition) is 3. The van der Waals surface area contributed by atoms with Crippen LogP contribution < -0.4 is 16.4 Å². The number of anilines is 1. The van der Waals surface area contributed by atoms with E-state index >= 15 is 0 Å². The number of carbonyl (C=O) groups is 2. The maximum atomic E-state index is 11.9. The maximum Gasteiger partial charge on any atom is 0.254 e. The zero-order valence-electron chi connectivity index (χ0n) is 10.7. The quantitative estimate of drug-likeness (QED) is 0.723. The SMILES string of the molecule is CCNC(=O)C(C)NC(=O)c1ccc(Br)cc1N.Cl. The van der Waals surface area contributed by atoms with Crippen LogP contribution in [0.2, 0.25) is 0 Å². The molecule has 5 nitrogen and oxygen atoms in total. The Morgan fingerprint density at radius 2 is 2.05 bits per heavy atom. The standard InChI is InChI=1S/C12H16BrN3O2.ClH/c1-3-15-11(17)7(2)16-12(18)9-5-4-8(13)6-10(9)14;/h4-7H,3,14H2,1-2H3,(H,15,17)(H,16,18);1H. The molecule has 19 heavy (non-hydrogen) atoms. The molecule has 0 aliphatic heterocycles. The minimum absolute atomic E-state index is 0. The van der Waals surface area contributed by atoms with Gasteiger partial charge in [-0.15, -0.1) is 12.4 Å². The first-order chi connectivity index (χ1) is 8.45. The summed E-state index contributed by atoms with van der Waals surface area (Å²) in [6, 6.07) is 4.38. The number of likely N-dealkylation sites (N-methyl/N-ethyl adjacent to an activating group) is 1. The summed E-state index contributed by atoms with van der Waals surface area (Å²) in [5.74, 6) is -0.583. The Labute approximate surface area is 126 Å². The fraction of sp³-hybridized carbons (Fsp3) is 0.333. The molecule has 0 saturated carbocycles. The van der Waals surface area contributed by atoms with E-state index in [1.807, 2.05) is 6.92 Å². The number of nitrogens with two attached hydrogens (primary N) is 1. The smallest absolute Gasteiger partial charge is 0.254 e. The van der Waals surface area contributed by atoms with Crippen LogP contribution in [0.15, 0.2) is 22.7 Å². The first-order valence-electron chi connectivity index (χ1n) is 5.59. The third kappa shape index (κ3) is 5.08. The Hall–Kier alpha value is -1.27. The number of nitrogens with one attached hydrogen (secondary N) is 2. The van der Waals surface area contributed by atoms with Gasteiger partial charge < -0.3 is 16.4 Å². The van der Waals surface area contributed by atoms with Crippen LogP contribution in [-0.4, -0.2) is 24.4 Å².